The highest BCUT2D eigenvalue weighted by atomic mass is 32.1. The van der Waals surface area contributed by atoms with Crippen molar-refractivity contribution in [2.24, 2.45) is 11.8 Å². The number of benzene rings is 3. The van der Waals surface area contributed by atoms with Crippen LogP contribution in [0.4, 0.5) is 0 Å². The molecule has 192 valence electrons. The van der Waals surface area contributed by atoms with E-state index in [1.807, 2.05) is 30.3 Å². The minimum atomic E-state index is -0.881. The van der Waals surface area contributed by atoms with E-state index >= 15 is 0 Å². The number of aromatic hydroxyl groups is 2. The number of phenols is 2. The molecule has 1 saturated carbocycles. The van der Waals surface area contributed by atoms with Gasteiger partial charge in [-0.1, -0.05) is 36.8 Å². The molecule has 2 fully saturated rings. The molecule has 37 heavy (non-hydrogen) atoms. The lowest BCUT2D eigenvalue weighted by Crippen LogP contribution is -2.73. The second-order valence-electron chi connectivity index (χ2n) is 9.99. The van der Waals surface area contributed by atoms with E-state index in [4.69, 9.17) is 26.4 Å². The van der Waals surface area contributed by atoms with Gasteiger partial charge in [-0.3, -0.25) is 0 Å². The highest BCUT2D eigenvalue weighted by Gasteiger charge is 2.61. The molecule has 2 heterocycles. The highest BCUT2D eigenvalue weighted by molar-refractivity contribution is 7.80. The van der Waals surface area contributed by atoms with Crippen molar-refractivity contribution in [2.45, 2.75) is 36.9 Å². The fourth-order valence-electron chi connectivity index (χ4n) is 6.57. The molecule has 0 unspecified atom stereocenters. The molecule has 3 aromatic rings. The Hall–Kier alpha value is -3.65. The number of nitrogens with one attached hydrogen (secondary N) is 2. The van der Waals surface area contributed by atoms with Gasteiger partial charge in [0.1, 0.15) is 11.5 Å². The Kier molecular flexibility index (Phi) is 5.79. The summed E-state index contributed by atoms with van der Waals surface area (Å²) in [6, 6.07) is 19.4. The van der Waals surface area contributed by atoms with Crippen LogP contribution >= 0.6 is 12.2 Å². The predicted molar refractivity (Wildman–Crippen MR) is 143 cm³/mol. The number of hydrogen-bond acceptors (Lipinski definition) is 6. The standard InChI is InChI=1S/C29H30N2O5S/c1-34-18-10-6-16(7-11-18)24-20-14-15-23(32)26(33)27(20)36-29-21(24)4-3-5-22(29)25(30-28(37)31-29)17-8-12-19(35-2)13-9-17/h6-15,21-22,24-25,32-33H,3-5H2,1-2H3,(H2,30,31,37)/t21-,22-,24-,25-,29-/m0/s1. The van der Waals surface area contributed by atoms with E-state index in [9.17, 15) is 10.2 Å². The van der Waals surface area contributed by atoms with Gasteiger partial charge in [0.2, 0.25) is 5.75 Å². The molecule has 0 aromatic heterocycles. The van der Waals surface area contributed by atoms with Gasteiger partial charge in [-0.25, -0.2) is 0 Å². The van der Waals surface area contributed by atoms with Crippen LogP contribution in [0.3, 0.4) is 0 Å². The minimum absolute atomic E-state index is 0.00184. The topological polar surface area (TPSA) is 92.2 Å². The number of phenolic OH excluding ortho intramolecular Hbond substituents is 2. The molecule has 6 rings (SSSR count). The normalized spacial score (nSPS) is 27.9. The largest absolute Gasteiger partial charge is 0.504 e. The molecule has 0 amide bonds. The molecule has 8 heteroatoms. The van der Waals surface area contributed by atoms with Gasteiger partial charge in [-0.05, 0) is 66.5 Å². The first-order valence-corrected chi connectivity index (χ1v) is 13.0. The number of methoxy groups -OCH3 is 2. The van der Waals surface area contributed by atoms with Crippen molar-refractivity contribution >= 4 is 17.3 Å². The van der Waals surface area contributed by atoms with Gasteiger partial charge in [0.15, 0.2) is 22.3 Å². The molecule has 0 radical (unpaired) electrons. The first kappa shape index (κ1) is 23.7. The Morgan fingerprint density at radius 1 is 0.865 bits per heavy atom. The summed E-state index contributed by atoms with van der Waals surface area (Å²) in [6.07, 6.45) is 2.84. The number of fused-ring (bicyclic) bond motifs is 1. The third-order valence-corrected chi connectivity index (χ3v) is 8.45. The van der Waals surface area contributed by atoms with Crippen LogP contribution in [0, 0.1) is 11.8 Å². The third kappa shape index (κ3) is 3.73. The lowest BCUT2D eigenvalue weighted by Gasteiger charge is -2.59. The van der Waals surface area contributed by atoms with E-state index in [2.05, 4.69) is 34.9 Å². The molecule has 1 spiro atoms. The monoisotopic (exact) mass is 518 g/mol. The Morgan fingerprint density at radius 3 is 2.14 bits per heavy atom. The molecule has 2 aliphatic heterocycles. The molecule has 1 saturated heterocycles. The van der Waals surface area contributed by atoms with Crippen molar-refractivity contribution in [1.29, 1.82) is 0 Å². The summed E-state index contributed by atoms with van der Waals surface area (Å²) < 4.78 is 17.6. The highest BCUT2D eigenvalue weighted by Crippen LogP contribution is 2.60. The molecule has 0 bridgehead atoms. The van der Waals surface area contributed by atoms with Crippen LogP contribution in [0.5, 0.6) is 28.7 Å². The van der Waals surface area contributed by atoms with Gasteiger partial charge in [0.25, 0.3) is 0 Å². The van der Waals surface area contributed by atoms with Crippen molar-refractivity contribution in [2.75, 3.05) is 14.2 Å². The molecule has 3 aliphatic rings. The molecule has 3 aromatic carbocycles. The summed E-state index contributed by atoms with van der Waals surface area (Å²) in [6.45, 7) is 0. The van der Waals surface area contributed by atoms with Crippen LogP contribution in [0.15, 0.2) is 60.7 Å². The van der Waals surface area contributed by atoms with Crippen LogP contribution in [0.2, 0.25) is 0 Å². The van der Waals surface area contributed by atoms with E-state index in [0.717, 1.165) is 47.5 Å². The summed E-state index contributed by atoms with van der Waals surface area (Å²) in [4.78, 5) is 0. The van der Waals surface area contributed by atoms with Gasteiger partial charge in [-0.15, -0.1) is 0 Å². The van der Waals surface area contributed by atoms with E-state index in [0.29, 0.717) is 10.9 Å². The second-order valence-corrected chi connectivity index (χ2v) is 10.4. The van der Waals surface area contributed by atoms with Crippen molar-refractivity contribution < 1.29 is 24.4 Å². The zero-order chi connectivity index (χ0) is 25.7. The van der Waals surface area contributed by atoms with Crippen LogP contribution in [0.1, 0.15) is 47.9 Å². The lowest BCUT2D eigenvalue weighted by atomic mass is 9.60. The Morgan fingerprint density at radius 2 is 1.49 bits per heavy atom. The smallest absolute Gasteiger partial charge is 0.200 e. The number of thiocarbonyl (C=S) groups is 1. The van der Waals surface area contributed by atoms with Crippen molar-refractivity contribution in [3.8, 4) is 28.7 Å². The molecular weight excluding hydrogens is 488 g/mol. The van der Waals surface area contributed by atoms with E-state index in [1.54, 1.807) is 14.2 Å². The average Bonchev–Trinajstić information content (AvgIpc) is 2.93. The first-order chi connectivity index (χ1) is 17.9. The third-order valence-electron chi connectivity index (χ3n) is 8.23. The Labute approximate surface area is 221 Å². The molecule has 1 aliphatic carbocycles. The van der Waals surface area contributed by atoms with Crippen LogP contribution in [-0.2, 0) is 0 Å². The fraction of sp³-hybridized carbons (Fsp3) is 0.345. The predicted octanol–water partition coefficient (Wildman–Crippen LogP) is 4.97. The zero-order valence-electron chi connectivity index (χ0n) is 20.7. The van der Waals surface area contributed by atoms with Crippen molar-refractivity contribution in [3.05, 3.63) is 77.4 Å². The Bertz CT molecular complexity index is 1330. The zero-order valence-corrected chi connectivity index (χ0v) is 21.5. The second kappa shape index (κ2) is 9.03. The quantitative estimate of drug-likeness (QED) is 0.284. The number of rotatable bonds is 4. The lowest BCUT2D eigenvalue weighted by molar-refractivity contribution is -0.122. The van der Waals surface area contributed by atoms with Crippen LogP contribution in [0.25, 0.3) is 0 Å². The summed E-state index contributed by atoms with van der Waals surface area (Å²) in [7, 11) is 3.31. The summed E-state index contributed by atoms with van der Waals surface area (Å²) in [5.41, 5.74) is 2.15. The maximum atomic E-state index is 11.0. The molecular formula is C29H30N2O5S. The number of hydrogen-bond donors (Lipinski definition) is 4. The summed E-state index contributed by atoms with van der Waals surface area (Å²) in [5.74, 6) is 1.35. The van der Waals surface area contributed by atoms with Gasteiger partial charge in [-0.2, -0.15) is 0 Å². The Balaban J connectivity index is 1.52. The van der Waals surface area contributed by atoms with Gasteiger partial charge in [0, 0.05) is 23.3 Å². The fourth-order valence-corrected chi connectivity index (χ4v) is 6.86. The van der Waals surface area contributed by atoms with Crippen molar-refractivity contribution in [1.82, 2.24) is 10.6 Å². The van der Waals surface area contributed by atoms with Crippen LogP contribution < -0.4 is 24.8 Å². The van der Waals surface area contributed by atoms with Crippen LogP contribution in [-0.4, -0.2) is 35.3 Å². The maximum absolute atomic E-state index is 11.0. The van der Waals surface area contributed by atoms with Gasteiger partial charge in [0.05, 0.1) is 20.3 Å². The SMILES string of the molecule is COc1ccc([C@H]2c3ccc(O)c(O)c3O[C@]34NC(=S)N[C@@H](c5ccc(OC)cc5)[C@@H]3CCC[C@@H]24)cc1. The molecule has 7 nitrogen and oxygen atoms in total. The maximum Gasteiger partial charge on any atom is 0.200 e. The van der Waals surface area contributed by atoms with E-state index in [-0.39, 0.29) is 35.3 Å². The summed E-state index contributed by atoms with van der Waals surface area (Å²) >= 11 is 5.75. The van der Waals surface area contributed by atoms with Crippen molar-refractivity contribution in [3.63, 3.8) is 0 Å². The van der Waals surface area contributed by atoms with E-state index in [1.165, 1.54) is 6.07 Å². The molecule has 5 atom stereocenters. The average molecular weight is 519 g/mol. The first-order valence-electron chi connectivity index (χ1n) is 12.6. The minimum Gasteiger partial charge on any atom is -0.504 e. The molecule has 4 N–H and O–H groups in total. The van der Waals surface area contributed by atoms with E-state index < -0.39 is 5.72 Å². The summed E-state index contributed by atoms with van der Waals surface area (Å²) in [5, 5.41) is 28.9. The number of ether oxygens (including phenoxy) is 3. The van der Waals surface area contributed by atoms with Gasteiger partial charge < -0.3 is 35.1 Å². The van der Waals surface area contributed by atoms with Gasteiger partial charge >= 0.3 is 0 Å².